The quantitative estimate of drug-likeness (QED) is 0.491. The molecule has 8 heteroatoms. The highest BCUT2D eigenvalue weighted by molar-refractivity contribution is 6.05. The van der Waals surface area contributed by atoms with Crippen molar-refractivity contribution in [2.75, 3.05) is 37.8 Å². The van der Waals surface area contributed by atoms with Crippen molar-refractivity contribution in [3.63, 3.8) is 0 Å². The van der Waals surface area contributed by atoms with Gasteiger partial charge in [0.2, 0.25) is 0 Å². The lowest BCUT2D eigenvalue weighted by atomic mass is 10.1. The summed E-state index contributed by atoms with van der Waals surface area (Å²) in [5, 5.41) is 4.06. The molecule has 0 unspecified atom stereocenters. The minimum atomic E-state index is -0.741. The predicted molar refractivity (Wildman–Crippen MR) is 113 cm³/mol. The molecule has 2 aromatic carbocycles. The summed E-state index contributed by atoms with van der Waals surface area (Å²) in [5.41, 5.74) is 6.96. The summed E-state index contributed by atoms with van der Waals surface area (Å²) in [6, 6.07) is 13.4. The Morgan fingerprint density at radius 2 is 1.80 bits per heavy atom. The molecule has 2 heterocycles. The maximum Gasteiger partial charge on any atom is 0.347 e. The van der Waals surface area contributed by atoms with Crippen molar-refractivity contribution in [2.45, 2.75) is 6.54 Å². The van der Waals surface area contributed by atoms with Crippen molar-refractivity contribution in [1.82, 2.24) is 9.88 Å². The van der Waals surface area contributed by atoms with Gasteiger partial charge in [-0.15, -0.1) is 0 Å². The first-order chi connectivity index (χ1) is 14.6. The first-order valence-electron chi connectivity index (χ1n) is 9.83. The number of benzene rings is 2. The number of fused-ring (bicyclic) bond motifs is 1. The molecule has 0 amide bonds. The third-order valence-electron chi connectivity index (χ3n) is 5.25. The van der Waals surface area contributed by atoms with Crippen LogP contribution in [0.15, 0.2) is 53.3 Å². The zero-order valence-electron chi connectivity index (χ0n) is 16.4. The predicted octanol–water partition coefficient (Wildman–Crippen LogP) is 1.67. The third-order valence-corrected chi connectivity index (χ3v) is 5.25. The van der Waals surface area contributed by atoms with Gasteiger partial charge in [-0.05, 0) is 23.8 Å². The van der Waals surface area contributed by atoms with E-state index in [2.05, 4.69) is 5.32 Å². The van der Waals surface area contributed by atoms with E-state index in [1.54, 1.807) is 12.1 Å². The maximum atomic E-state index is 13.5. The van der Waals surface area contributed by atoms with Crippen LogP contribution >= 0.6 is 0 Å². The first kappa shape index (κ1) is 20.1. The number of nitrogens with one attached hydrogen (secondary N) is 1. The molecule has 0 radical (unpaired) electrons. The van der Waals surface area contributed by atoms with Gasteiger partial charge in [0.1, 0.15) is 18.1 Å². The standard InChI is InChI=1S/C22H23FN4O3/c23-16-7-5-15(6-8-16)13-27-18-4-2-1-3-17(18)20(26-11-9-25-10-12-26)19(21(27)28)22(29)30-14-24/h1-8,25H,9-14,24H2. The van der Waals surface area contributed by atoms with Crippen LogP contribution in [-0.2, 0) is 11.3 Å². The summed E-state index contributed by atoms with van der Waals surface area (Å²) < 4.78 is 19.9. The summed E-state index contributed by atoms with van der Waals surface area (Å²) in [7, 11) is 0. The number of para-hydroxylation sites is 1. The molecule has 30 heavy (non-hydrogen) atoms. The number of ether oxygens (including phenoxy) is 1. The fourth-order valence-corrected chi connectivity index (χ4v) is 3.87. The lowest BCUT2D eigenvalue weighted by molar-refractivity contribution is 0.0513. The Hall–Kier alpha value is -3.23. The zero-order valence-corrected chi connectivity index (χ0v) is 16.4. The van der Waals surface area contributed by atoms with E-state index in [4.69, 9.17) is 10.5 Å². The van der Waals surface area contributed by atoms with E-state index >= 15 is 0 Å². The first-order valence-corrected chi connectivity index (χ1v) is 9.83. The highest BCUT2D eigenvalue weighted by Crippen LogP contribution is 2.30. The van der Waals surface area contributed by atoms with Gasteiger partial charge in [0, 0.05) is 31.6 Å². The number of rotatable bonds is 5. The molecule has 1 aromatic heterocycles. The van der Waals surface area contributed by atoms with Gasteiger partial charge in [-0.3, -0.25) is 10.5 Å². The van der Waals surface area contributed by atoms with E-state index in [9.17, 15) is 14.0 Å². The number of piperazine rings is 1. The number of esters is 1. The normalized spacial score (nSPS) is 14.1. The average Bonchev–Trinajstić information content (AvgIpc) is 2.77. The van der Waals surface area contributed by atoms with Crippen LogP contribution in [0.4, 0.5) is 10.1 Å². The van der Waals surface area contributed by atoms with Crippen LogP contribution < -0.4 is 21.5 Å². The van der Waals surface area contributed by atoms with Gasteiger partial charge in [0.15, 0.2) is 0 Å². The molecule has 0 saturated carbocycles. The van der Waals surface area contributed by atoms with E-state index in [1.807, 2.05) is 29.2 Å². The number of aromatic nitrogens is 1. The van der Waals surface area contributed by atoms with Gasteiger partial charge < -0.3 is 19.5 Å². The molecule has 3 aromatic rings. The van der Waals surface area contributed by atoms with Crippen molar-refractivity contribution in [3.8, 4) is 0 Å². The summed E-state index contributed by atoms with van der Waals surface area (Å²) in [5.74, 6) is -1.09. The van der Waals surface area contributed by atoms with Crippen LogP contribution in [0.3, 0.4) is 0 Å². The number of nitrogens with two attached hydrogens (primary N) is 1. The van der Waals surface area contributed by atoms with Gasteiger partial charge in [-0.25, -0.2) is 9.18 Å². The smallest absolute Gasteiger partial charge is 0.347 e. The Morgan fingerprint density at radius 3 is 2.50 bits per heavy atom. The Balaban J connectivity index is 1.96. The second-order valence-corrected chi connectivity index (χ2v) is 7.09. The Kier molecular flexibility index (Phi) is 5.78. The molecular weight excluding hydrogens is 387 g/mol. The number of anilines is 1. The SMILES string of the molecule is NCOC(=O)c1c(N2CCNCC2)c2ccccc2n(Cc2ccc(F)cc2)c1=O. The lowest BCUT2D eigenvalue weighted by Gasteiger charge is -2.32. The molecule has 0 atom stereocenters. The molecule has 7 nitrogen and oxygen atoms in total. The number of carbonyl (C=O) groups is 1. The fraction of sp³-hybridized carbons (Fsp3) is 0.273. The highest BCUT2D eigenvalue weighted by atomic mass is 19.1. The Morgan fingerprint density at radius 1 is 1.10 bits per heavy atom. The monoisotopic (exact) mass is 410 g/mol. The third kappa shape index (κ3) is 3.79. The van der Waals surface area contributed by atoms with Crippen LogP contribution in [0.25, 0.3) is 10.9 Å². The van der Waals surface area contributed by atoms with Crippen molar-refractivity contribution >= 4 is 22.6 Å². The van der Waals surface area contributed by atoms with E-state index < -0.39 is 11.5 Å². The molecule has 0 aliphatic carbocycles. The van der Waals surface area contributed by atoms with Crippen LogP contribution in [0.2, 0.25) is 0 Å². The second kappa shape index (κ2) is 8.64. The molecule has 1 aliphatic rings. The largest absolute Gasteiger partial charge is 0.446 e. The number of halogens is 1. The molecule has 4 rings (SSSR count). The van der Waals surface area contributed by atoms with Crippen LogP contribution in [0, 0.1) is 5.82 Å². The van der Waals surface area contributed by atoms with E-state index in [1.165, 1.54) is 16.7 Å². The van der Waals surface area contributed by atoms with E-state index in [-0.39, 0.29) is 24.7 Å². The summed E-state index contributed by atoms with van der Waals surface area (Å²) in [6.45, 7) is 2.70. The Labute approximate surface area is 172 Å². The van der Waals surface area contributed by atoms with Crippen molar-refractivity contribution < 1.29 is 13.9 Å². The summed E-state index contributed by atoms with van der Waals surface area (Å²) in [4.78, 5) is 28.4. The van der Waals surface area contributed by atoms with Gasteiger partial charge >= 0.3 is 5.97 Å². The van der Waals surface area contributed by atoms with Crippen molar-refractivity contribution in [1.29, 1.82) is 0 Å². The molecule has 1 aliphatic heterocycles. The molecular formula is C22H23FN4O3. The fourth-order valence-electron chi connectivity index (χ4n) is 3.87. The molecule has 1 saturated heterocycles. The van der Waals surface area contributed by atoms with Gasteiger partial charge in [0.05, 0.1) is 17.7 Å². The number of carbonyl (C=O) groups excluding carboxylic acids is 1. The highest BCUT2D eigenvalue weighted by Gasteiger charge is 2.27. The van der Waals surface area contributed by atoms with Crippen molar-refractivity contribution in [3.05, 3.63) is 75.8 Å². The molecule has 3 N–H and O–H groups in total. The minimum absolute atomic E-state index is 0.0249. The second-order valence-electron chi connectivity index (χ2n) is 7.09. The molecule has 0 spiro atoms. The minimum Gasteiger partial charge on any atom is -0.446 e. The molecule has 156 valence electrons. The molecule has 0 bridgehead atoms. The molecule has 1 fully saturated rings. The van der Waals surface area contributed by atoms with E-state index in [0.29, 0.717) is 24.3 Å². The van der Waals surface area contributed by atoms with E-state index in [0.717, 1.165) is 24.0 Å². The zero-order chi connectivity index (χ0) is 21.1. The van der Waals surface area contributed by atoms with Gasteiger partial charge in [0.25, 0.3) is 5.56 Å². The van der Waals surface area contributed by atoms with Crippen LogP contribution in [0.5, 0.6) is 0 Å². The number of hydrogen-bond donors (Lipinski definition) is 2. The summed E-state index contributed by atoms with van der Waals surface area (Å²) >= 11 is 0. The van der Waals surface area contributed by atoms with Gasteiger partial charge in [-0.2, -0.15) is 0 Å². The summed E-state index contributed by atoms with van der Waals surface area (Å²) in [6.07, 6.45) is 0. The van der Waals surface area contributed by atoms with Crippen LogP contribution in [0.1, 0.15) is 15.9 Å². The number of pyridine rings is 1. The lowest BCUT2D eigenvalue weighted by Crippen LogP contribution is -2.45. The number of hydrogen-bond acceptors (Lipinski definition) is 6. The topological polar surface area (TPSA) is 89.6 Å². The average molecular weight is 410 g/mol. The van der Waals surface area contributed by atoms with Gasteiger partial charge in [-0.1, -0.05) is 30.3 Å². The van der Waals surface area contributed by atoms with Crippen molar-refractivity contribution in [2.24, 2.45) is 5.73 Å². The maximum absolute atomic E-state index is 13.5. The Bertz CT molecular complexity index is 1120. The van der Waals surface area contributed by atoms with Crippen LogP contribution in [-0.4, -0.2) is 43.4 Å². The number of nitrogens with zero attached hydrogens (tertiary/aromatic N) is 2.